The molecule has 0 aromatic carbocycles. The predicted molar refractivity (Wildman–Crippen MR) is 42.8 cm³/mol. The second kappa shape index (κ2) is 4.03. The van der Waals surface area contributed by atoms with E-state index in [1.807, 2.05) is 20.2 Å². The Bertz CT molecular complexity index is 182. The first-order valence-corrected chi connectivity index (χ1v) is 3.60. The van der Waals surface area contributed by atoms with Gasteiger partial charge in [-0.2, -0.15) is 0 Å². The second-order valence-corrected chi connectivity index (χ2v) is 2.58. The predicted octanol–water partition coefficient (Wildman–Crippen LogP) is 1.22. The van der Waals surface area contributed by atoms with Crippen LogP contribution in [0.1, 0.15) is 0 Å². The van der Waals surface area contributed by atoms with Crippen LogP contribution in [0.15, 0.2) is 22.8 Å². The van der Waals surface area contributed by atoms with E-state index in [0.29, 0.717) is 12.6 Å². The highest BCUT2D eigenvalue weighted by molar-refractivity contribution is 5.03. The van der Waals surface area contributed by atoms with E-state index in [9.17, 15) is 0 Å². The van der Waals surface area contributed by atoms with Gasteiger partial charge in [0.1, 0.15) is 6.61 Å². The van der Waals surface area contributed by atoms with Crippen molar-refractivity contribution in [3.63, 3.8) is 0 Å². The molecule has 1 heterocycles. The van der Waals surface area contributed by atoms with Crippen LogP contribution < -0.4 is 4.74 Å². The fourth-order valence-electron chi connectivity index (χ4n) is 0.674. The van der Waals surface area contributed by atoms with Crippen molar-refractivity contribution in [1.29, 1.82) is 0 Å². The summed E-state index contributed by atoms with van der Waals surface area (Å²) in [7, 11) is 4.01. The average Bonchev–Trinajstić information content (AvgIpc) is 2.39. The molecule has 0 saturated carbocycles. The number of hydrogen-bond acceptors (Lipinski definition) is 3. The minimum atomic E-state index is 0.590. The zero-order valence-electron chi connectivity index (χ0n) is 6.91. The maximum Gasteiger partial charge on any atom is 0.284 e. The topological polar surface area (TPSA) is 25.6 Å². The lowest BCUT2D eigenvalue weighted by Crippen LogP contribution is -2.19. The van der Waals surface area contributed by atoms with E-state index in [0.717, 1.165) is 6.54 Å². The largest absolute Gasteiger partial charge is 0.464 e. The van der Waals surface area contributed by atoms with Crippen LogP contribution in [0.5, 0.6) is 5.95 Å². The third-order valence-corrected chi connectivity index (χ3v) is 1.28. The Labute approximate surface area is 66.6 Å². The highest BCUT2D eigenvalue weighted by Gasteiger charge is 1.94. The number of nitrogens with zero attached hydrogens (tertiary/aromatic N) is 1. The molecule has 0 fully saturated rings. The third kappa shape index (κ3) is 3.09. The lowest BCUT2D eigenvalue weighted by Gasteiger charge is -2.08. The van der Waals surface area contributed by atoms with Crippen LogP contribution in [-0.4, -0.2) is 32.1 Å². The zero-order valence-corrected chi connectivity index (χ0v) is 6.91. The molecule has 0 N–H and O–H groups in total. The monoisotopic (exact) mass is 155 g/mol. The van der Waals surface area contributed by atoms with Gasteiger partial charge in [-0.05, 0) is 20.2 Å². The van der Waals surface area contributed by atoms with Crippen molar-refractivity contribution in [2.24, 2.45) is 0 Å². The summed E-state index contributed by atoms with van der Waals surface area (Å²) in [6, 6.07) is 3.61. The van der Waals surface area contributed by atoms with Crippen LogP contribution in [0, 0.1) is 0 Å². The molecule has 3 heteroatoms. The Morgan fingerprint density at radius 2 is 2.36 bits per heavy atom. The molecular formula is C8H13NO2. The Balaban J connectivity index is 2.14. The molecule has 0 aliphatic heterocycles. The molecule has 0 atom stereocenters. The summed E-state index contributed by atoms with van der Waals surface area (Å²) in [5.41, 5.74) is 0. The first-order chi connectivity index (χ1) is 5.29. The number of ether oxygens (including phenoxy) is 1. The van der Waals surface area contributed by atoms with Gasteiger partial charge < -0.3 is 14.1 Å². The summed E-state index contributed by atoms with van der Waals surface area (Å²) in [5, 5.41) is 0. The molecule has 0 spiro atoms. The summed E-state index contributed by atoms with van der Waals surface area (Å²) in [6.07, 6.45) is 1.60. The maximum atomic E-state index is 5.25. The van der Waals surface area contributed by atoms with E-state index in [1.165, 1.54) is 0 Å². The molecule has 1 aromatic heterocycles. The van der Waals surface area contributed by atoms with Crippen molar-refractivity contribution in [2.45, 2.75) is 0 Å². The molecule has 0 aliphatic rings. The van der Waals surface area contributed by atoms with Gasteiger partial charge in [0.15, 0.2) is 0 Å². The van der Waals surface area contributed by atoms with Crippen LogP contribution in [0.25, 0.3) is 0 Å². The van der Waals surface area contributed by atoms with E-state index in [4.69, 9.17) is 9.15 Å². The molecule has 11 heavy (non-hydrogen) atoms. The third-order valence-electron chi connectivity index (χ3n) is 1.28. The molecule has 1 rings (SSSR count). The SMILES string of the molecule is CN(C)CCOc1ccco1. The Kier molecular flexibility index (Phi) is 2.98. The standard InChI is InChI=1S/C8H13NO2/c1-9(2)5-7-11-8-4-3-6-10-8/h3-4,6H,5,7H2,1-2H3. The van der Waals surface area contributed by atoms with Crippen molar-refractivity contribution >= 4 is 0 Å². The van der Waals surface area contributed by atoms with E-state index in [2.05, 4.69) is 4.90 Å². The molecule has 0 saturated heterocycles. The van der Waals surface area contributed by atoms with Crippen molar-refractivity contribution in [3.05, 3.63) is 18.4 Å². The molecule has 0 bridgehead atoms. The molecule has 1 aromatic rings. The van der Waals surface area contributed by atoms with E-state index < -0.39 is 0 Å². The van der Waals surface area contributed by atoms with Crippen molar-refractivity contribution < 1.29 is 9.15 Å². The smallest absolute Gasteiger partial charge is 0.284 e. The molecule has 0 radical (unpaired) electrons. The first-order valence-electron chi connectivity index (χ1n) is 3.60. The van der Waals surface area contributed by atoms with Gasteiger partial charge in [0, 0.05) is 12.6 Å². The van der Waals surface area contributed by atoms with Crippen LogP contribution in [0.3, 0.4) is 0 Å². The van der Waals surface area contributed by atoms with Crippen LogP contribution in [0.4, 0.5) is 0 Å². The zero-order chi connectivity index (χ0) is 8.10. The lowest BCUT2D eigenvalue weighted by atomic mass is 10.6. The lowest BCUT2D eigenvalue weighted by molar-refractivity contribution is 0.213. The summed E-state index contributed by atoms with van der Waals surface area (Å²) in [4.78, 5) is 2.06. The van der Waals surface area contributed by atoms with Gasteiger partial charge in [-0.1, -0.05) is 0 Å². The fourth-order valence-corrected chi connectivity index (χ4v) is 0.674. The van der Waals surface area contributed by atoms with E-state index in [1.54, 1.807) is 12.3 Å². The quantitative estimate of drug-likeness (QED) is 0.653. The van der Waals surface area contributed by atoms with Gasteiger partial charge >= 0.3 is 0 Å². The summed E-state index contributed by atoms with van der Waals surface area (Å²) in [6.45, 7) is 1.57. The van der Waals surface area contributed by atoms with Gasteiger partial charge in [0.25, 0.3) is 5.95 Å². The highest BCUT2D eigenvalue weighted by Crippen LogP contribution is 2.08. The fraction of sp³-hybridized carbons (Fsp3) is 0.500. The minimum Gasteiger partial charge on any atom is -0.464 e. The molecule has 0 unspecified atom stereocenters. The van der Waals surface area contributed by atoms with Crippen LogP contribution >= 0.6 is 0 Å². The molecule has 62 valence electrons. The average molecular weight is 155 g/mol. The summed E-state index contributed by atoms with van der Waals surface area (Å²) in [5.74, 6) is 0.590. The number of furan rings is 1. The highest BCUT2D eigenvalue weighted by atomic mass is 16.6. The van der Waals surface area contributed by atoms with Gasteiger partial charge in [0.05, 0.1) is 6.26 Å². The Hall–Kier alpha value is -0.960. The van der Waals surface area contributed by atoms with Crippen molar-refractivity contribution in [1.82, 2.24) is 4.90 Å². The molecular weight excluding hydrogens is 142 g/mol. The van der Waals surface area contributed by atoms with Crippen molar-refractivity contribution in [3.8, 4) is 5.95 Å². The van der Waals surface area contributed by atoms with Crippen LogP contribution in [-0.2, 0) is 0 Å². The van der Waals surface area contributed by atoms with Gasteiger partial charge in [-0.15, -0.1) is 0 Å². The molecule has 3 nitrogen and oxygen atoms in total. The van der Waals surface area contributed by atoms with Crippen LogP contribution in [0.2, 0.25) is 0 Å². The summed E-state index contributed by atoms with van der Waals surface area (Å²) >= 11 is 0. The molecule has 0 amide bonds. The van der Waals surface area contributed by atoms with E-state index >= 15 is 0 Å². The van der Waals surface area contributed by atoms with Gasteiger partial charge in [-0.25, -0.2) is 0 Å². The first kappa shape index (κ1) is 8.14. The number of hydrogen-bond donors (Lipinski definition) is 0. The van der Waals surface area contributed by atoms with Gasteiger partial charge in [0.2, 0.25) is 0 Å². The number of likely N-dealkylation sites (N-methyl/N-ethyl adjacent to an activating group) is 1. The Morgan fingerprint density at radius 1 is 1.55 bits per heavy atom. The van der Waals surface area contributed by atoms with Crippen molar-refractivity contribution in [2.75, 3.05) is 27.2 Å². The van der Waals surface area contributed by atoms with E-state index in [-0.39, 0.29) is 0 Å². The maximum absolute atomic E-state index is 5.25. The minimum absolute atomic E-state index is 0.590. The molecule has 0 aliphatic carbocycles. The normalized spacial score (nSPS) is 10.5. The second-order valence-electron chi connectivity index (χ2n) is 2.58. The summed E-state index contributed by atoms with van der Waals surface area (Å²) < 4.78 is 10.2. The van der Waals surface area contributed by atoms with Gasteiger partial charge in [-0.3, -0.25) is 0 Å². The number of rotatable bonds is 4. The Morgan fingerprint density at radius 3 is 2.91 bits per heavy atom.